The fourth-order valence-corrected chi connectivity index (χ4v) is 3.44. The Labute approximate surface area is 147 Å². The molecular weight excluding hydrogens is 320 g/mol. The highest BCUT2D eigenvalue weighted by molar-refractivity contribution is 7.09. The van der Waals surface area contributed by atoms with Crippen LogP contribution in [0.3, 0.4) is 0 Å². The predicted octanol–water partition coefficient (Wildman–Crippen LogP) is 3.33. The maximum Gasteiger partial charge on any atom is 0.213 e. The lowest BCUT2D eigenvalue weighted by atomic mass is 10.2. The summed E-state index contributed by atoms with van der Waals surface area (Å²) in [7, 11) is 1.78. The van der Waals surface area contributed by atoms with Crippen molar-refractivity contribution in [3.05, 3.63) is 46.3 Å². The first kappa shape index (κ1) is 16.8. The summed E-state index contributed by atoms with van der Waals surface area (Å²) in [6.07, 6.45) is 6.95. The van der Waals surface area contributed by atoms with Crippen molar-refractivity contribution in [2.75, 3.05) is 7.05 Å². The van der Waals surface area contributed by atoms with Gasteiger partial charge in [0.25, 0.3) is 0 Å². The van der Waals surface area contributed by atoms with Gasteiger partial charge in [0.1, 0.15) is 6.10 Å². The normalized spacial score (nSPS) is 15.5. The van der Waals surface area contributed by atoms with Crippen LogP contribution in [0.4, 0.5) is 0 Å². The van der Waals surface area contributed by atoms with Crippen LogP contribution in [0.15, 0.2) is 40.8 Å². The molecule has 0 atom stereocenters. The summed E-state index contributed by atoms with van der Waals surface area (Å²) < 4.78 is 5.96. The van der Waals surface area contributed by atoms with Gasteiger partial charge < -0.3 is 15.4 Å². The van der Waals surface area contributed by atoms with E-state index in [1.54, 1.807) is 18.4 Å². The zero-order valence-electron chi connectivity index (χ0n) is 14.0. The summed E-state index contributed by atoms with van der Waals surface area (Å²) in [5.41, 5.74) is 1.14. The zero-order chi connectivity index (χ0) is 16.6. The van der Waals surface area contributed by atoms with E-state index in [1.807, 2.05) is 18.3 Å². The Kier molecular flexibility index (Phi) is 6.07. The van der Waals surface area contributed by atoms with Crippen LogP contribution in [0.25, 0.3) is 0 Å². The number of hydrogen-bond donors (Lipinski definition) is 2. The van der Waals surface area contributed by atoms with E-state index in [1.165, 1.54) is 17.7 Å². The van der Waals surface area contributed by atoms with Crippen molar-refractivity contribution in [2.24, 2.45) is 4.99 Å². The van der Waals surface area contributed by atoms with Gasteiger partial charge in [0, 0.05) is 30.7 Å². The van der Waals surface area contributed by atoms with Crippen LogP contribution in [0.1, 0.15) is 36.1 Å². The molecule has 1 aliphatic rings. The van der Waals surface area contributed by atoms with Gasteiger partial charge in [0.2, 0.25) is 5.88 Å². The van der Waals surface area contributed by atoms with Crippen LogP contribution in [-0.2, 0) is 13.1 Å². The molecule has 2 aromatic rings. The number of aliphatic imine (C=N–C) groups is 1. The zero-order valence-corrected chi connectivity index (χ0v) is 14.8. The molecule has 5 nitrogen and oxygen atoms in total. The number of hydrogen-bond acceptors (Lipinski definition) is 4. The lowest BCUT2D eigenvalue weighted by Gasteiger charge is -2.14. The lowest BCUT2D eigenvalue weighted by Crippen LogP contribution is -2.36. The second kappa shape index (κ2) is 8.68. The van der Waals surface area contributed by atoms with E-state index in [0.29, 0.717) is 12.6 Å². The lowest BCUT2D eigenvalue weighted by molar-refractivity contribution is 0.201. The number of guanidine groups is 1. The molecule has 0 radical (unpaired) electrons. The number of aromatic nitrogens is 1. The molecule has 128 valence electrons. The van der Waals surface area contributed by atoms with Gasteiger partial charge in [-0.25, -0.2) is 4.98 Å². The van der Waals surface area contributed by atoms with Gasteiger partial charge in [0.15, 0.2) is 5.96 Å². The molecule has 6 heteroatoms. The summed E-state index contributed by atoms with van der Waals surface area (Å²) in [5.74, 6) is 1.52. The maximum absolute atomic E-state index is 5.96. The Morgan fingerprint density at radius 1 is 1.29 bits per heavy atom. The first-order valence-corrected chi connectivity index (χ1v) is 9.30. The topological polar surface area (TPSA) is 58.5 Å². The average molecular weight is 344 g/mol. The van der Waals surface area contributed by atoms with Crippen LogP contribution >= 0.6 is 11.3 Å². The summed E-state index contributed by atoms with van der Waals surface area (Å²) in [4.78, 5) is 9.87. The van der Waals surface area contributed by atoms with Gasteiger partial charge in [-0.2, -0.15) is 0 Å². The molecule has 0 saturated heterocycles. The monoisotopic (exact) mass is 344 g/mol. The SMILES string of the molecule is CN=C(NCc1ccnc(OC2CCCC2)c1)NCc1cccs1. The van der Waals surface area contributed by atoms with Gasteiger partial charge in [-0.15, -0.1) is 11.3 Å². The van der Waals surface area contributed by atoms with Crippen LogP contribution in [0.5, 0.6) is 5.88 Å². The number of nitrogens with zero attached hydrogens (tertiary/aromatic N) is 2. The van der Waals surface area contributed by atoms with E-state index in [9.17, 15) is 0 Å². The number of nitrogens with one attached hydrogen (secondary N) is 2. The number of thiophene rings is 1. The number of ether oxygens (including phenoxy) is 1. The summed E-state index contributed by atoms with van der Waals surface area (Å²) >= 11 is 1.74. The molecule has 0 unspecified atom stereocenters. The van der Waals surface area contributed by atoms with E-state index in [4.69, 9.17) is 4.74 Å². The smallest absolute Gasteiger partial charge is 0.213 e. The van der Waals surface area contributed by atoms with E-state index in [-0.39, 0.29) is 0 Å². The number of rotatable bonds is 6. The molecule has 3 rings (SSSR count). The fraction of sp³-hybridized carbons (Fsp3) is 0.444. The van der Waals surface area contributed by atoms with Crippen LogP contribution in [-0.4, -0.2) is 24.1 Å². The van der Waals surface area contributed by atoms with E-state index < -0.39 is 0 Å². The minimum atomic E-state index is 0.334. The Morgan fingerprint density at radius 3 is 2.88 bits per heavy atom. The molecular formula is C18H24N4OS. The molecule has 1 saturated carbocycles. The fourth-order valence-electron chi connectivity index (χ4n) is 2.79. The average Bonchev–Trinajstić information content (AvgIpc) is 3.29. The molecule has 2 aromatic heterocycles. The summed E-state index contributed by atoms with van der Waals surface area (Å²) in [6.45, 7) is 1.47. The highest BCUT2D eigenvalue weighted by Crippen LogP contribution is 2.23. The third kappa shape index (κ3) is 4.96. The van der Waals surface area contributed by atoms with Crippen molar-refractivity contribution in [1.82, 2.24) is 15.6 Å². The maximum atomic E-state index is 5.96. The summed E-state index contributed by atoms with van der Waals surface area (Å²) in [5, 5.41) is 8.73. The standard InChI is InChI=1S/C18H24N4OS/c1-19-18(22-13-16-7-4-10-24-16)21-12-14-8-9-20-17(11-14)23-15-5-2-3-6-15/h4,7-11,15H,2-3,5-6,12-13H2,1H3,(H2,19,21,22). The molecule has 0 aromatic carbocycles. The van der Waals surface area contributed by atoms with Crippen molar-refractivity contribution < 1.29 is 4.74 Å². The molecule has 2 N–H and O–H groups in total. The first-order valence-electron chi connectivity index (χ1n) is 8.42. The highest BCUT2D eigenvalue weighted by atomic mass is 32.1. The molecule has 0 spiro atoms. The van der Waals surface area contributed by atoms with E-state index in [0.717, 1.165) is 36.8 Å². The van der Waals surface area contributed by atoms with Gasteiger partial charge in [-0.3, -0.25) is 4.99 Å². The molecule has 1 fully saturated rings. The minimum Gasteiger partial charge on any atom is -0.474 e. The molecule has 0 aliphatic heterocycles. The quantitative estimate of drug-likeness (QED) is 0.623. The van der Waals surface area contributed by atoms with Gasteiger partial charge >= 0.3 is 0 Å². The highest BCUT2D eigenvalue weighted by Gasteiger charge is 2.17. The Bertz CT molecular complexity index is 651. The Balaban J connectivity index is 1.49. The van der Waals surface area contributed by atoms with Crippen molar-refractivity contribution in [2.45, 2.75) is 44.9 Å². The second-order valence-electron chi connectivity index (χ2n) is 5.89. The summed E-state index contributed by atoms with van der Waals surface area (Å²) in [6, 6.07) is 8.18. The third-order valence-electron chi connectivity index (χ3n) is 4.08. The second-order valence-corrected chi connectivity index (χ2v) is 6.92. The van der Waals surface area contributed by atoms with E-state index >= 15 is 0 Å². The first-order chi connectivity index (χ1) is 11.8. The van der Waals surface area contributed by atoms with Gasteiger partial charge in [-0.1, -0.05) is 6.07 Å². The predicted molar refractivity (Wildman–Crippen MR) is 98.5 cm³/mol. The minimum absolute atomic E-state index is 0.334. The van der Waals surface area contributed by atoms with Crippen LogP contribution in [0.2, 0.25) is 0 Å². The van der Waals surface area contributed by atoms with Crippen molar-refractivity contribution in [1.29, 1.82) is 0 Å². The molecule has 1 aliphatic carbocycles. The van der Waals surface area contributed by atoms with Crippen LogP contribution in [0, 0.1) is 0 Å². The van der Waals surface area contributed by atoms with Crippen LogP contribution < -0.4 is 15.4 Å². The molecule has 0 bridgehead atoms. The van der Waals surface area contributed by atoms with Crippen molar-refractivity contribution in [3.8, 4) is 5.88 Å². The van der Waals surface area contributed by atoms with E-state index in [2.05, 4.69) is 38.1 Å². The van der Waals surface area contributed by atoms with Crippen molar-refractivity contribution in [3.63, 3.8) is 0 Å². The Hall–Kier alpha value is -2.08. The molecule has 24 heavy (non-hydrogen) atoms. The Morgan fingerprint density at radius 2 is 2.12 bits per heavy atom. The van der Waals surface area contributed by atoms with Gasteiger partial charge in [-0.05, 0) is 48.8 Å². The number of pyridine rings is 1. The van der Waals surface area contributed by atoms with Gasteiger partial charge in [0.05, 0.1) is 6.54 Å². The largest absolute Gasteiger partial charge is 0.474 e. The molecule has 2 heterocycles. The third-order valence-corrected chi connectivity index (χ3v) is 4.96. The molecule has 0 amide bonds. The van der Waals surface area contributed by atoms with Crippen molar-refractivity contribution >= 4 is 17.3 Å².